The lowest BCUT2D eigenvalue weighted by molar-refractivity contribution is 0.267. The molecule has 0 bridgehead atoms. The van der Waals surface area contributed by atoms with Crippen molar-refractivity contribution in [3.8, 4) is 23.0 Å². The van der Waals surface area contributed by atoms with Gasteiger partial charge in [-0.2, -0.15) is 12.6 Å². The predicted molar refractivity (Wildman–Crippen MR) is 74.6 cm³/mol. The van der Waals surface area contributed by atoms with Crippen LogP contribution in [0.3, 0.4) is 0 Å². The molecule has 0 spiro atoms. The van der Waals surface area contributed by atoms with E-state index in [1.54, 1.807) is 33.5 Å². The number of methoxy groups -OCH3 is 3. The van der Waals surface area contributed by atoms with Gasteiger partial charge in [0, 0.05) is 12.1 Å². The molecule has 0 saturated carbocycles. The summed E-state index contributed by atoms with van der Waals surface area (Å²) < 4.78 is 21.4. The van der Waals surface area contributed by atoms with Crippen LogP contribution in [0.25, 0.3) is 0 Å². The molecule has 1 aromatic carbocycles. The van der Waals surface area contributed by atoms with E-state index >= 15 is 0 Å². The van der Waals surface area contributed by atoms with Gasteiger partial charge in [0.2, 0.25) is 5.75 Å². The summed E-state index contributed by atoms with van der Waals surface area (Å²) in [6.45, 7) is 2.67. The van der Waals surface area contributed by atoms with Crippen LogP contribution in [0.15, 0.2) is 12.1 Å². The first-order chi connectivity index (χ1) is 8.65. The standard InChI is InChI=1S/C13H20O4S/c1-9(8-18)7-17-10-5-11(14-2)13(16-4)12(6-10)15-3/h5-6,9,18H,7-8H2,1-4H3. The Kier molecular flexibility index (Phi) is 5.98. The molecule has 0 radical (unpaired) electrons. The molecule has 0 fully saturated rings. The van der Waals surface area contributed by atoms with Crippen LogP contribution in [0.1, 0.15) is 6.92 Å². The molecule has 1 aromatic rings. The van der Waals surface area contributed by atoms with Gasteiger partial charge in [0.1, 0.15) is 5.75 Å². The summed E-state index contributed by atoms with van der Waals surface area (Å²) in [5, 5.41) is 0. The Balaban J connectivity index is 2.93. The van der Waals surface area contributed by atoms with Crippen molar-refractivity contribution in [2.75, 3.05) is 33.7 Å². The fourth-order valence-corrected chi connectivity index (χ4v) is 1.54. The molecule has 0 aliphatic carbocycles. The van der Waals surface area contributed by atoms with Crippen molar-refractivity contribution in [2.45, 2.75) is 6.92 Å². The Hall–Kier alpha value is -1.23. The molecular weight excluding hydrogens is 252 g/mol. The highest BCUT2D eigenvalue weighted by molar-refractivity contribution is 7.80. The zero-order valence-electron chi connectivity index (χ0n) is 11.2. The summed E-state index contributed by atoms with van der Waals surface area (Å²) in [7, 11) is 4.73. The minimum absolute atomic E-state index is 0.382. The Labute approximate surface area is 114 Å². The molecule has 1 rings (SSSR count). The van der Waals surface area contributed by atoms with Gasteiger partial charge in [-0.05, 0) is 11.7 Å². The van der Waals surface area contributed by atoms with E-state index in [0.29, 0.717) is 35.5 Å². The van der Waals surface area contributed by atoms with E-state index in [4.69, 9.17) is 18.9 Å². The van der Waals surface area contributed by atoms with Gasteiger partial charge >= 0.3 is 0 Å². The van der Waals surface area contributed by atoms with E-state index in [0.717, 1.165) is 5.75 Å². The topological polar surface area (TPSA) is 36.9 Å². The van der Waals surface area contributed by atoms with Crippen LogP contribution in [0.5, 0.6) is 23.0 Å². The fraction of sp³-hybridized carbons (Fsp3) is 0.538. The monoisotopic (exact) mass is 272 g/mol. The first kappa shape index (κ1) is 14.8. The normalized spacial score (nSPS) is 11.8. The molecule has 18 heavy (non-hydrogen) atoms. The van der Waals surface area contributed by atoms with Crippen LogP contribution in [0.4, 0.5) is 0 Å². The highest BCUT2D eigenvalue weighted by Gasteiger charge is 2.14. The maximum absolute atomic E-state index is 5.68. The van der Waals surface area contributed by atoms with Gasteiger partial charge in [0.25, 0.3) is 0 Å². The van der Waals surface area contributed by atoms with Crippen molar-refractivity contribution < 1.29 is 18.9 Å². The molecule has 0 amide bonds. The molecule has 0 saturated heterocycles. The van der Waals surface area contributed by atoms with E-state index in [-0.39, 0.29) is 0 Å². The number of thiol groups is 1. The molecule has 5 heteroatoms. The number of ether oxygens (including phenoxy) is 4. The molecule has 0 aliphatic heterocycles. The quantitative estimate of drug-likeness (QED) is 0.774. The average molecular weight is 272 g/mol. The van der Waals surface area contributed by atoms with Gasteiger partial charge < -0.3 is 18.9 Å². The van der Waals surface area contributed by atoms with Gasteiger partial charge in [-0.1, -0.05) is 6.92 Å². The van der Waals surface area contributed by atoms with E-state index in [2.05, 4.69) is 19.6 Å². The van der Waals surface area contributed by atoms with Gasteiger partial charge in [0.05, 0.1) is 27.9 Å². The van der Waals surface area contributed by atoms with Crippen molar-refractivity contribution >= 4 is 12.6 Å². The predicted octanol–water partition coefficient (Wildman–Crippen LogP) is 2.66. The molecule has 0 N–H and O–H groups in total. The van der Waals surface area contributed by atoms with Gasteiger partial charge in [-0.3, -0.25) is 0 Å². The zero-order chi connectivity index (χ0) is 13.5. The van der Waals surface area contributed by atoms with Gasteiger partial charge in [0.15, 0.2) is 11.5 Å². The van der Waals surface area contributed by atoms with Crippen molar-refractivity contribution in [1.29, 1.82) is 0 Å². The Morgan fingerprint density at radius 3 is 2.00 bits per heavy atom. The summed E-state index contributed by atoms with van der Waals surface area (Å²) >= 11 is 4.22. The molecule has 1 atom stereocenters. The zero-order valence-corrected chi connectivity index (χ0v) is 12.1. The molecule has 1 unspecified atom stereocenters. The number of hydrogen-bond donors (Lipinski definition) is 1. The summed E-state index contributed by atoms with van der Waals surface area (Å²) in [5.41, 5.74) is 0. The second-order valence-electron chi connectivity index (χ2n) is 3.96. The lowest BCUT2D eigenvalue weighted by Crippen LogP contribution is -2.10. The highest BCUT2D eigenvalue weighted by Crippen LogP contribution is 2.40. The van der Waals surface area contributed by atoms with Crippen molar-refractivity contribution in [3.63, 3.8) is 0 Å². The number of hydrogen-bond acceptors (Lipinski definition) is 5. The summed E-state index contributed by atoms with van der Waals surface area (Å²) in [5.74, 6) is 3.60. The second-order valence-corrected chi connectivity index (χ2v) is 4.32. The molecular formula is C13H20O4S. The maximum atomic E-state index is 5.68. The minimum atomic E-state index is 0.382. The lowest BCUT2D eigenvalue weighted by Gasteiger charge is -2.16. The molecule has 0 aliphatic rings. The minimum Gasteiger partial charge on any atom is -0.493 e. The fourth-order valence-electron chi connectivity index (χ4n) is 1.43. The summed E-state index contributed by atoms with van der Waals surface area (Å²) in [4.78, 5) is 0. The van der Waals surface area contributed by atoms with Crippen molar-refractivity contribution in [3.05, 3.63) is 12.1 Å². The Bertz CT molecular complexity index is 356. The third-order valence-corrected chi connectivity index (χ3v) is 3.11. The SMILES string of the molecule is COc1cc(OCC(C)CS)cc(OC)c1OC. The Morgan fingerprint density at radius 1 is 1.06 bits per heavy atom. The molecule has 4 nitrogen and oxygen atoms in total. The van der Waals surface area contributed by atoms with E-state index in [9.17, 15) is 0 Å². The van der Waals surface area contributed by atoms with Gasteiger partial charge in [-0.15, -0.1) is 0 Å². The van der Waals surface area contributed by atoms with Crippen molar-refractivity contribution in [2.24, 2.45) is 5.92 Å². The van der Waals surface area contributed by atoms with E-state index in [1.807, 2.05) is 0 Å². The summed E-state index contributed by atoms with van der Waals surface area (Å²) in [6, 6.07) is 3.57. The Morgan fingerprint density at radius 2 is 1.61 bits per heavy atom. The number of benzene rings is 1. The van der Waals surface area contributed by atoms with Crippen LogP contribution in [-0.2, 0) is 0 Å². The lowest BCUT2D eigenvalue weighted by atomic mass is 10.2. The third kappa shape index (κ3) is 3.63. The molecule has 102 valence electrons. The largest absolute Gasteiger partial charge is 0.493 e. The highest BCUT2D eigenvalue weighted by atomic mass is 32.1. The van der Waals surface area contributed by atoms with E-state index in [1.165, 1.54) is 0 Å². The van der Waals surface area contributed by atoms with Crippen LogP contribution < -0.4 is 18.9 Å². The second kappa shape index (κ2) is 7.26. The third-order valence-electron chi connectivity index (χ3n) is 2.48. The first-order valence-corrected chi connectivity index (χ1v) is 6.33. The average Bonchev–Trinajstić information content (AvgIpc) is 2.43. The smallest absolute Gasteiger partial charge is 0.203 e. The van der Waals surface area contributed by atoms with Crippen LogP contribution in [0, 0.1) is 5.92 Å². The van der Waals surface area contributed by atoms with Crippen LogP contribution in [-0.4, -0.2) is 33.7 Å². The van der Waals surface area contributed by atoms with E-state index < -0.39 is 0 Å². The van der Waals surface area contributed by atoms with Crippen molar-refractivity contribution in [1.82, 2.24) is 0 Å². The van der Waals surface area contributed by atoms with Crippen LogP contribution in [0.2, 0.25) is 0 Å². The first-order valence-electron chi connectivity index (χ1n) is 5.69. The molecule has 0 heterocycles. The molecule has 0 aromatic heterocycles. The maximum Gasteiger partial charge on any atom is 0.203 e. The van der Waals surface area contributed by atoms with Crippen LogP contribution >= 0.6 is 12.6 Å². The summed E-state index contributed by atoms with van der Waals surface area (Å²) in [6.07, 6.45) is 0. The van der Waals surface area contributed by atoms with Gasteiger partial charge in [-0.25, -0.2) is 0 Å². The number of rotatable bonds is 7.